The molecule has 0 spiro atoms. The molecule has 2 amide bonds. The summed E-state index contributed by atoms with van der Waals surface area (Å²) < 4.78 is 38.2. The van der Waals surface area contributed by atoms with E-state index in [1.54, 1.807) is 0 Å². The number of halogens is 3. The van der Waals surface area contributed by atoms with E-state index in [0.717, 1.165) is 23.3 Å². The molecule has 1 atom stereocenters. The Hall–Kier alpha value is -2.83. The van der Waals surface area contributed by atoms with Gasteiger partial charge in [-0.1, -0.05) is 48.0 Å². The van der Waals surface area contributed by atoms with Crippen LogP contribution < -0.4 is 11.1 Å². The molecule has 0 aliphatic carbocycles. The molecule has 4 nitrogen and oxygen atoms in total. The third-order valence-corrected chi connectivity index (χ3v) is 3.86. The molecule has 0 aliphatic rings. The van der Waals surface area contributed by atoms with Crippen molar-refractivity contribution >= 4 is 11.8 Å². The van der Waals surface area contributed by atoms with E-state index in [2.05, 4.69) is 5.32 Å². The molecule has 0 bridgehead atoms. The van der Waals surface area contributed by atoms with Crippen LogP contribution >= 0.6 is 0 Å². The minimum absolute atomic E-state index is 0.205. The number of nitrogens with one attached hydrogen (secondary N) is 1. The first kappa shape index (κ1) is 19.5. The summed E-state index contributed by atoms with van der Waals surface area (Å²) in [6.07, 6.45) is -4.54. The smallest absolute Gasteiger partial charge is 0.368 e. The predicted octanol–water partition coefficient (Wildman–Crippen LogP) is 2.77. The fourth-order valence-corrected chi connectivity index (χ4v) is 2.47. The van der Waals surface area contributed by atoms with Crippen molar-refractivity contribution < 1.29 is 22.8 Å². The molecular weight excluding hydrogens is 345 g/mol. The maximum atomic E-state index is 12.7. The molecule has 0 unspecified atom stereocenters. The van der Waals surface area contributed by atoms with Gasteiger partial charge in [0.25, 0.3) is 0 Å². The Morgan fingerprint density at radius 2 is 1.73 bits per heavy atom. The highest BCUT2D eigenvalue weighted by molar-refractivity contribution is 5.87. The van der Waals surface area contributed by atoms with Crippen molar-refractivity contribution in [2.24, 2.45) is 5.73 Å². The number of hydrogen-bond donors (Lipinski definition) is 2. The zero-order valence-corrected chi connectivity index (χ0v) is 14.1. The summed E-state index contributed by atoms with van der Waals surface area (Å²) in [5.41, 5.74) is 6.59. The summed E-state index contributed by atoms with van der Waals surface area (Å²) in [6, 6.07) is 11.0. The summed E-state index contributed by atoms with van der Waals surface area (Å²) in [5, 5.41) is 2.49. The van der Waals surface area contributed by atoms with E-state index in [1.165, 1.54) is 12.1 Å². The Balaban J connectivity index is 2.04. The molecule has 7 heteroatoms. The van der Waals surface area contributed by atoms with Crippen molar-refractivity contribution in [2.45, 2.75) is 32.0 Å². The Morgan fingerprint density at radius 1 is 1.08 bits per heavy atom. The Bertz CT molecular complexity index is 786. The number of rotatable bonds is 6. The number of primary amides is 1. The number of alkyl halides is 3. The number of hydrogen-bond acceptors (Lipinski definition) is 2. The van der Waals surface area contributed by atoms with Crippen LogP contribution in [-0.4, -0.2) is 17.9 Å². The zero-order chi connectivity index (χ0) is 19.3. The van der Waals surface area contributed by atoms with Crippen LogP contribution in [0.3, 0.4) is 0 Å². The second-order valence-electron chi connectivity index (χ2n) is 6.09. The van der Waals surface area contributed by atoms with E-state index in [0.29, 0.717) is 0 Å². The molecule has 3 N–H and O–H groups in total. The maximum Gasteiger partial charge on any atom is 0.416 e. The first-order valence-electron chi connectivity index (χ1n) is 7.95. The quantitative estimate of drug-likeness (QED) is 0.827. The third kappa shape index (κ3) is 5.61. The standard InChI is InChI=1S/C19H19F3N2O2/c1-12-5-7-13(8-6-12)10-16(18(23)26)24-17(25)11-14-3-2-4-15(9-14)19(20,21)22/h2-9,16H,10-11H2,1H3,(H2,23,26)(H,24,25)/t16-/m0/s1. The lowest BCUT2D eigenvalue weighted by atomic mass is 10.0. The molecule has 2 aromatic rings. The predicted molar refractivity (Wildman–Crippen MR) is 91.2 cm³/mol. The van der Waals surface area contributed by atoms with Crippen LogP contribution in [0.15, 0.2) is 48.5 Å². The Labute approximate surface area is 149 Å². The van der Waals surface area contributed by atoms with Gasteiger partial charge in [0.05, 0.1) is 12.0 Å². The average Bonchev–Trinajstić information content (AvgIpc) is 2.55. The van der Waals surface area contributed by atoms with Gasteiger partial charge in [0, 0.05) is 6.42 Å². The molecule has 26 heavy (non-hydrogen) atoms. The number of benzene rings is 2. The van der Waals surface area contributed by atoms with Gasteiger partial charge < -0.3 is 11.1 Å². The zero-order valence-electron chi connectivity index (χ0n) is 14.1. The highest BCUT2D eigenvalue weighted by atomic mass is 19.4. The van der Waals surface area contributed by atoms with Crippen molar-refractivity contribution in [1.82, 2.24) is 5.32 Å². The molecule has 0 saturated heterocycles. The van der Waals surface area contributed by atoms with Crippen LogP contribution in [0.2, 0.25) is 0 Å². The molecule has 2 aromatic carbocycles. The molecule has 138 valence electrons. The van der Waals surface area contributed by atoms with Gasteiger partial charge in [-0.3, -0.25) is 9.59 Å². The second kappa shape index (κ2) is 8.03. The van der Waals surface area contributed by atoms with E-state index < -0.39 is 29.6 Å². The molecule has 0 aromatic heterocycles. The highest BCUT2D eigenvalue weighted by Gasteiger charge is 2.30. The first-order chi connectivity index (χ1) is 12.1. The summed E-state index contributed by atoms with van der Waals surface area (Å²) in [7, 11) is 0. The van der Waals surface area contributed by atoms with Crippen molar-refractivity contribution in [1.29, 1.82) is 0 Å². The van der Waals surface area contributed by atoms with Crippen LogP contribution in [0.1, 0.15) is 22.3 Å². The largest absolute Gasteiger partial charge is 0.416 e. The van der Waals surface area contributed by atoms with Crippen LogP contribution in [0.25, 0.3) is 0 Å². The molecule has 2 rings (SSSR count). The second-order valence-corrected chi connectivity index (χ2v) is 6.09. The van der Waals surface area contributed by atoms with Crippen molar-refractivity contribution in [3.05, 3.63) is 70.8 Å². The van der Waals surface area contributed by atoms with Crippen LogP contribution in [-0.2, 0) is 28.6 Å². The van der Waals surface area contributed by atoms with Crippen LogP contribution in [0.4, 0.5) is 13.2 Å². The lowest BCUT2D eigenvalue weighted by Gasteiger charge is -2.16. The van der Waals surface area contributed by atoms with Gasteiger partial charge in [-0.2, -0.15) is 13.2 Å². The van der Waals surface area contributed by atoms with E-state index in [-0.39, 0.29) is 18.4 Å². The monoisotopic (exact) mass is 364 g/mol. The summed E-state index contributed by atoms with van der Waals surface area (Å²) >= 11 is 0. The van der Waals surface area contributed by atoms with Gasteiger partial charge >= 0.3 is 6.18 Å². The third-order valence-electron chi connectivity index (χ3n) is 3.86. The SMILES string of the molecule is Cc1ccc(C[C@H](NC(=O)Cc2cccc(C(F)(F)F)c2)C(N)=O)cc1. The minimum atomic E-state index is -4.48. The number of aryl methyl sites for hydroxylation is 1. The van der Waals surface area contributed by atoms with Crippen molar-refractivity contribution in [2.75, 3.05) is 0 Å². The van der Waals surface area contributed by atoms with Gasteiger partial charge in [-0.05, 0) is 24.1 Å². The van der Waals surface area contributed by atoms with E-state index >= 15 is 0 Å². The molecule has 0 fully saturated rings. The fraction of sp³-hybridized carbons (Fsp3) is 0.263. The Morgan fingerprint density at radius 3 is 2.31 bits per heavy atom. The highest BCUT2D eigenvalue weighted by Crippen LogP contribution is 2.29. The fourth-order valence-electron chi connectivity index (χ4n) is 2.47. The molecule has 0 aliphatic heterocycles. The number of amides is 2. The lowest BCUT2D eigenvalue weighted by molar-refractivity contribution is -0.137. The number of carbonyl (C=O) groups is 2. The normalized spacial score (nSPS) is 12.5. The van der Waals surface area contributed by atoms with Gasteiger partial charge in [0.2, 0.25) is 11.8 Å². The summed E-state index contributed by atoms with van der Waals surface area (Å²) in [4.78, 5) is 23.7. The van der Waals surface area contributed by atoms with Crippen LogP contribution in [0, 0.1) is 6.92 Å². The number of nitrogens with two attached hydrogens (primary N) is 1. The van der Waals surface area contributed by atoms with Gasteiger partial charge in [-0.25, -0.2) is 0 Å². The van der Waals surface area contributed by atoms with E-state index in [9.17, 15) is 22.8 Å². The molecule has 0 saturated carbocycles. The maximum absolute atomic E-state index is 12.7. The van der Waals surface area contributed by atoms with E-state index in [4.69, 9.17) is 5.73 Å². The Kier molecular flexibility index (Phi) is 6.02. The average molecular weight is 364 g/mol. The topological polar surface area (TPSA) is 72.2 Å². The summed E-state index contributed by atoms with van der Waals surface area (Å²) in [5.74, 6) is -1.27. The van der Waals surface area contributed by atoms with Crippen molar-refractivity contribution in [3.8, 4) is 0 Å². The molecular formula is C19H19F3N2O2. The van der Waals surface area contributed by atoms with Gasteiger partial charge in [0.1, 0.15) is 6.04 Å². The van der Waals surface area contributed by atoms with Crippen LogP contribution in [0.5, 0.6) is 0 Å². The summed E-state index contributed by atoms with van der Waals surface area (Å²) in [6.45, 7) is 1.92. The molecule has 0 heterocycles. The molecule has 0 radical (unpaired) electrons. The van der Waals surface area contributed by atoms with E-state index in [1.807, 2.05) is 31.2 Å². The first-order valence-corrected chi connectivity index (χ1v) is 7.95. The van der Waals surface area contributed by atoms with Gasteiger partial charge in [0.15, 0.2) is 0 Å². The van der Waals surface area contributed by atoms with Gasteiger partial charge in [-0.15, -0.1) is 0 Å². The number of carbonyl (C=O) groups excluding carboxylic acids is 2. The minimum Gasteiger partial charge on any atom is -0.368 e. The lowest BCUT2D eigenvalue weighted by Crippen LogP contribution is -2.46. The van der Waals surface area contributed by atoms with Crippen molar-refractivity contribution in [3.63, 3.8) is 0 Å².